The summed E-state index contributed by atoms with van der Waals surface area (Å²) in [6.07, 6.45) is 5.06. The molecule has 0 heterocycles. The highest BCUT2D eigenvalue weighted by molar-refractivity contribution is 5.80. The van der Waals surface area contributed by atoms with Crippen molar-refractivity contribution in [2.24, 2.45) is 16.8 Å². The number of guanidine groups is 1. The van der Waals surface area contributed by atoms with Crippen LogP contribution in [-0.2, 0) is 4.74 Å². The SMILES string of the molecule is CN=C(NCCCOCC1CC1)NC1CC1C. The van der Waals surface area contributed by atoms with Crippen LogP contribution in [0.25, 0.3) is 0 Å². The summed E-state index contributed by atoms with van der Waals surface area (Å²) in [6.45, 7) is 5.02. The molecule has 2 aliphatic rings. The lowest BCUT2D eigenvalue weighted by Gasteiger charge is -2.11. The summed E-state index contributed by atoms with van der Waals surface area (Å²) >= 11 is 0. The molecular formula is C13H25N3O. The quantitative estimate of drug-likeness (QED) is 0.401. The first-order valence-electron chi connectivity index (χ1n) is 6.84. The minimum Gasteiger partial charge on any atom is -0.381 e. The topological polar surface area (TPSA) is 45.7 Å². The van der Waals surface area contributed by atoms with Gasteiger partial charge in [0.2, 0.25) is 0 Å². The van der Waals surface area contributed by atoms with Gasteiger partial charge in [0.25, 0.3) is 0 Å². The molecular weight excluding hydrogens is 214 g/mol. The van der Waals surface area contributed by atoms with Gasteiger partial charge in [0.05, 0.1) is 0 Å². The largest absolute Gasteiger partial charge is 0.381 e. The zero-order valence-corrected chi connectivity index (χ0v) is 11.0. The van der Waals surface area contributed by atoms with Crippen molar-refractivity contribution in [3.63, 3.8) is 0 Å². The van der Waals surface area contributed by atoms with Gasteiger partial charge in [-0.1, -0.05) is 6.92 Å². The summed E-state index contributed by atoms with van der Waals surface area (Å²) in [4.78, 5) is 4.21. The summed E-state index contributed by atoms with van der Waals surface area (Å²) in [5, 5.41) is 6.73. The van der Waals surface area contributed by atoms with Gasteiger partial charge in [0, 0.05) is 32.8 Å². The maximum atomic E-state index is 5.58. The van der Waals surface area contributed by atoms with Gasteiger partial charge in [0.1, 0.15) is 0 Å². The van der Waals surface area contributed by atoms with Crippen LogP contribution in [0.2, 0.25) is 0 Å². The monoisotopic (exact) mass is 239 g/mol. The number of hydrogen-bond acceptors (Lipinski definition) is 2. The second kappa shape index (κ2) is 6.24. The van der Waals surface area contributed by atoms with E-state index < -0.39 is 0 Å². The van der Waals surface area contributed by atoms with Gasteiger partial charge in [-0.15, -0.1) is 0 Å². The second-order valence-electron chi connectivity index (χ2n) is 5.33. The van der Waals surface area contributed by atoms with Crippen molar-refractivity contribution in [2.75, 3.05) is 26.8 Å². The minimum absolute atomic E-state index is 0.632. The first-order valence-corrected chi connectivity index (χ1v) is 6.84. The fraction of sp³-hybridized carbons (Fsp3) is 0.923. The molecule has 2 rings (SSSR count). The molecule has 0 aromatic rings. The summed E-state index contributed by atoms with van der Waals surface area (Å²) in [7, 11) is 1.83. The fourth-order valence-corrected chi connectivity index (χ4v) is 1.81. The average Bonchev–Trinajstić information content (AvgIpc) is 3.21. The molecule has 98 valence electrons. The molecule has 0 aromatic heterocycles. The number of aliphatic imine (C=N–C) groups is 1. The number of nitrogens with zero attached hydrogens (tertiary/aromatic N) is 1. The predicted octanol–water partition coefficient (Wildman–Crippen LogP) is 1.38. The molecule has 2 atom stereocenters. The van der Waals surface area contributed by atoms with Crippen molar-refractivity contribution in [3.05, 3.63) is 0 Å². The molecule has 0 aliphatic heterocycles. The van der Waals surface area contributed by atoms with Crippen LogP contribution in [0.1, 0.15) is 32.6 Å². The van der Waals surface area contributed by atoms with Crippen molar-refractivity contribution >= 4 is 5.96 Å². The summed E-state index contributed by atoms with van der Waals surface area (Å²) < 4.78 is 5.58. The van der Waals surface area contributed by atoms with Gasteiger partial charge in [-0.25, -0.2) is 0 Å². The standard InChI is InChI=1S/C13H25N3O/c1-10-8-12(10)16-13(14-2)15-6-3-7-17-9-11-4-5-11/h10-12H,3-9H2,1-2H3,(H2,14,15,16). The molecule has 2 fully saturated rings. The summed E-state index contributed by atoms with van der Waals surface area (Å²) in [5.74, 6) is 2.60. The highest BCUT2D eigenvalue weighted by atomic mass is 16.5. The van der Waals surface area contributed by atoms with Crippen molar-refractivity contribution in [3.8, 4) is 0 Å². The first-order chi connectivity index (χ1) is 8.29. The van der Waals surface area contributed by atoms with E-state index in [9.17, 15) is 0 Å². The molecule has 2 unspecified atom stereocenters. The van der Waals surface area contributed by atoms with E-state index in [4.69, 9.17) is 4.74 Å². The van der Waals surface area contributed by atoms with Crippen LogP contribution in [0.4, 0.5) is 0 Å². The Labute approximate surface area is 104 Å². The maximum Gasteiger partial charge on any atom is 0.191 e. The molecule has 0 amide bonds. The second-order valence-corrected chi connectivity index (χ2v) is 5.33. The van der Waals surface area contributed by atoms with Crippen LogP contribution < -0.4 is 10.6 Å². The molecule has 0 bridgehead atoms. The lowest BCUT2D eigenvalue weighted by Crippen LogP contribution is -2.39. The number of hydrogen-bond donors (Lipinski definition) is 2. The Hall–Kier alpha value is -0.770. The number of nitrogens with one attached hydrogen (secondary N) is 2. The van der Waals surface area contributed by atoms with Crippen molar-refractivity contribution in [1.29, 1.82) is 0 Å². The minimum atomic E-state index is 0.632. The molecule has 17 heavy (non-hydrogen) atoms. The first kappa shape index (κ1) is 12.7. The van der Waals surface area contributed by atoms with Crippen LogP contribution in [0.5, 0.6) is 0 Å². The predicted molar refractivity (Wildman–Crippen MR) is 70.2 cm³/mol. The van der Waals surface area contributed by atoms with Crippen LogP contribution >= 0.6 is 0 Å². The van der Waals surface area contributed by atoms with Gasteiger partial charge in [-0.05, 0) is 37.5 Å². The van der Waals surface area contributed by atoms with E-state index >= 15 is 0 Å². The Kier molecular flexibility index (Phi) is 4.66. The Bertz CT molecular complexity index is 263. The molecule has 0 aromatic carbocycles. The van der Waals surface area contributed by atoms with E-state index in [-0.39, 0.29) is 0 Å². The summed E-state index contributed by atoms with van der Waals surface area (Å²) in [6, 6.07) is 0.632. The van der Waals surface area contributed by atoms with Gasteiger partial charge < -0.3 is 15.4 Å². The molecule has 2 saturated carbocycles. The van der Waals surface area contributed by atoms with Crippen LogP contribution in [0.3, 0.4) is 0 Å². The van der Waals surface area contributed by atoms with Gasteiger partial charge in [-0.2, -0.15) is 0 Å². The average molecular weight is 239 g/mol. The van der Waals surface area contributed by atoms with Crippen molar-refractivity contribution in [1.82, 2.24) is 10.6 Å². The van der Waals surface area contributed by atoms with E-state index in [1.807, 2.05) is 7.05 Å². The summed E-state index contributed by atoms with van der Waals surface area (Å²) in [5.41, 5.74) is 0. The Balaban J connectivity index is 1.44. The third kappa shape index (κ3) is 4.94. The molecule has 0 spiro atoms. The van der Waals surface area contributed by atoms with Crippen LogP contribution in [-0.4, -0.2) is 38.8 Å². The van der Waals surface area contributed by atoms with Gasteiger partial charge in [-0.3, -0.25) is 4.99 Å². The maximum absolute atomic E-state index is 5.58. The van der Waals surface area contributed by atoms with Crippen molar-refractivity contribution in [2.45, 2.75) is 38.6 Å². The third-order valence-electron chi connectivity index (χ3n) is 3.46. The molecule has 0 saturated heterocycles. The molecule has 4 heteroatoms. The molecule has 0 radical (unpaired) electrons. The Morgan fingerprint density at radius 1 is 1.41 bits per heavy atom. The van der Waals surface area contributed by atoms with E-state index in [2.05, 4.69) is 22.5 Å². The normalized spacial score (nSPS) is 28.0. The van der Waals surface area contributed by atoms with Crippen LogP contribution in [0, 0.1) is 11.8 Å². The Morgan fingerprint density at radius 2 is 2.18 bits per heavy atom. The Morgan fingerprint density at radius 3 is 2.76 bits per heavy atom. The zero-order valence-electron chi connectivity index (χ0n) is 11.0. The lowest BCUT2D eigenvalue weighted by molar-refractivity contribution is 0.123. The van der Waals surface area contributed by atoms with E-state index in [1.54, 1.807) is 0 Å². The molecule has 2 N–H and O–H groups in total. The number of rotatable bonds is 7. The molecule has 4 nitrogen and oxygen atoms in total. The van der Waals surface area contributed by atoms with E-state index in [0.29, 0.717) is 6.04 Å². The van der Waals surface area contributed by atoms with Crippen LogP contribution in [0.15, 0.2) is 4.99 Å². The fourth-order valence-electron chi connectivity index (χ4n) is 1.81. The highest BCUT2D eigenvalue weighted by Gasteiger charge is 2.33. The van der Waals surface area contributed by atoms with E-state index in [1.165, 1.54) is 19.3 Å². The number of ether oxygens (including phenoxy) is 1. The molecule has 2 aliphatic carbocycles. The van der Waals surface area contributed by atoms with Crippen molar-refractivity contribution < 1.29 is 4.74 Å². The van der Waals surface area contributed by atoms with Gasteiger partial charge in [0.15, 0.2) is 5.96 Å². The highest BCUT2D eigenvalue weighted by Crippen LogP contribution is 2.29. The van der Waals surface area contributed by atoms with Gasteiger partial charge >= 0.3 is 0 Å². The third-order valence-corrected chi connectivity index (χ3v) is 3.46. The smallest absolute Gasteiger partial charge is 0.191 e. The lowest BCUT2D eigenvalue weighted by atomic mass is 10.4. The van der Waals surface area contributed by atoms with E-state index in [0.717, 1.165) is 44.0 Å². The zero-order chi connectivity index (χ0) is 12.1.